The Hall–Kier alpha value is -3.31. The highest BCUT2D eigenvalue weighted by atomic mass is 32.2. The zero-order valence-corrected chi connectivity index (χ0v) is 19.0. The van der Waals surface area contributed by atoms with Crippen molar-refractivity contribution in [2.45, 2.75) is 19.3 Å². The number of carbonyl (C=O) groups excluding carboxylic acids is 3. The second-order valence-corrected chi connectivity index (χ2v) is 9.02. The molecule has 3 aromatic rings. The van der Waals surface area contributed by atoms with Gasteiger partial charge in [0.2, 0.25) is 17.6 Å². The molecule has 0 unspecified atom stereocenters. The van der Waals surface area contributed by atoms with Crippen LogP contribution in [-0.4, -0.2) is 45.2 Å². The minimum absolute atomic E-state index is 0.0744. The highest BCUT2D eigenvalue weighted by molar-refractivity contribution is 8.18. The van der Waals surface area contributed by atoms with E-state index in [0.29, 0.717) is 30.1 Å². The van der Waals surface area contributed by atoms with Crippen molar-refractivity contribution in [3.8, 4) is 10.7 Å². The summed E-state index contributed by atoms with van der Waals surface area (Å²) < 4.78 is 18.2. The van der Waals surface area contributed by atoms with Crippen LogP contribution in [0.1, 0.15) is 24.3 Å². The van der Waals surface area contributed by atoms with E-state index >= 15 is 0 Å². The number of nitrogens with one attached hydrogen (secondary N) is 1. The SMILES string of the molecule is O=C(CCCc1nc(-c2cccs2)no1)NCCN1C(=O)S/C(=C\c2ccc(F)cc2)C1=O. The van der Waals surface area contributed by atoms with Crippen LogP contribution in [0.25, 0.3) is 16.8 Å². The number of hydrogen-bond acceptors (Lipinski definition) is 8. The summed E-state index contributed by atoms with van der Waals surface area (Å²) in [6.45, 7) is 0.231. The zero-order chi connectivity index (χ0) is 23.2. The van der Waals surface area contributed by atoms with Crippen molar-refractivity contribution in [2.75, 3.05) is 13.1 Å². The zero-order valence-electron chi connectivity index (χ0n) is 17.3. The van der Waals surface area contributed by atoms with E-state index in [0.717, 1.165) is 21.5 Å². The quantitative estimate of drug-likeness (QED) is 0.454. The number of carbonyl (C=O) groups is 3. The van der Waals surface area contributed by atoms with Crippen molar-refractivity contribution in [1.29, 1.82) is 0 Å². The second-order valence-electron chi connectivity index (χ2n) is 7.08. The standard InChI is InChI=1S/C22H19FN4O4S2/c23-15-8-6-14(7-9-15)13-17-21(29)27(22(30)33-17)11-10-24-18(28)4-1-5-19-25-20(26-31-19)16-3-2-12-32-16/h2-3,6-9,12-13H,1,4-5,10-11H2,(H,24,28)/b17-13-. The van der Waals surface area contributed by atoms with Crippen LogP contribution in [0, 0.1) is 5.82 Å². The van der Waals surface area contributed by atoms with Crippen LogP contribution in [0.15, 0.2) is 51.2 Å². The summed E-state index contributed by atoms with van der Waals surface area (Å²) in [4.78, 5) is 43.3. The van der Waals surface area contributed by atoms with Crippen molar-refractivity contribution in [3.05, 3.63) is 64.0 Å². The first kappa shape index (κ1) is 22.9. The molecule has 1 aromatic carbocycles. The highest BCUT2D eigenvalue weighted by Crippen LogP contribution is 2.31. The monoisotopic (exact) mass is 486 g/mol. The molecule has 3 amide bonds. The Balaban J connectivity index is 1.19. The van der Waals surface area contributed by atoms with Crippen LogP contribution in [0.2, 0.25) is 0 Å². The lowest BCUT2D eigenvalue weighted by molar-refractivity contribution is -0.124. The molecule has 170 valence electrons. The first-order chi connectivity index (χ1) is 16.0. The average molecular weight is 487 g/mol. The van der Waals surface area contributed by atoms with Gasteiger partial charge in [0.25, 0.3) is 11.1 Å². The number of benzene rings is 1. The average Bonchev–Trinajstić information content (AvgIpc) is 3.53. The Kier molecular flexibility index (Phi) is 7.30. The molecular weight excluding hydrogens is 467 g/mol. The van der Waals surface area contributed by atoms with Crippen LogP contribution in [0.5, 0.6) is 0 Å². The molecule has 1 saturated heterocycles. The Morgan fingerprint density at radius 2 is 2.03 bits per heavy atom. The molecule has 1 fully saturated rings. The number of thiophene rings is 1. The Morgan fingerprint density at radius 1 is 1.21 bits per heavy atom. The lowest BCUT2D eigenvalue weighted by atomic mass is 10.2. The number of amides is 3. The van der Waals surface area contributed by atoms with Crippen LogP contribution in [0.3, 0.4) is 0 Å². The van der Waals surface area contributed by atoms with E-state index in [9.17, 15) is 18.8 Å². The number of aryl methyl sites for hydroxylation is 1. The summed E-state index contributed by atoms with van der Waals surface area (Å²) in [6, 6.07) is 9.44. The van der Waals surface area contributed by atoms with Crippen LogP contribution >= 0.6 is 23.1 Å². The van der Waals surface area contributed by atoms with Crippen molar-refractivity contribution < 1.29 is 23.3 Å². The third kappa shape index (κ3) is 5.93. The molecule has 1 aliphatic rings. The molecule has 8 nitrogen and oxygen atoms in total. The fraction of sp³-hybridized carbons (Fsp3) is 0.227. The second kappa shape index (κ2) is 10.5. The van der Waals surface area contributed by atoms with Gasteiger partial charge >= 0.3 is 0 Å². The molecule has 2 aromatic heterocycles. The molecule has 0 bridgehead atoms. The number of thioether (sulfide) groups is 1. The van der Waals surface area contributed by atoms with Gasteiger partial charge in [-0.1, -0.05) is 23.4 Å². The topological polar surface area (TPSA) is 105 Å². The van der Waals surface area contributed by atoms with Gasteiger partial charge in [-0.2, -0.15) is 4.98 Å². The van der Waals surface area contributed by atoms with Crippen LogP contribution < -0.4 is 5.32 Å². The number of halogens is 1. The summed E-state index contributed by atoms with van der Waals surface area (Å²) >= 11 is 2.34. The first-order valence-corrected chi connectivity index (χ1v) is 11.8. The summed E-state index contributed by atoms with van der Waals surface area (Å²) in [6.07, 6.45) is 2.80. The normalized spacial score (nSPS) is 14.9. The van der Waals surface area contributed by atoms with Crippen molar-refractivity contribution in [1.82, 2.24) is 20.4 Å². The third-order valence-corrected chi connectivity index (χ3v) is 6.48. The third-order valence-electron chi connectivity index (χ3n) is 4.70. The fourth-order valence-electron chi connectivity index (χ4n) is 3.06. The van der Waals surface area contributed by atoms with Gasteiger partial charge in [-0.25, -0.2) is 4.39 Å². The van der Waals surface area contributed by atoms with Gasteiger partial charge in [0.05, 0.1) is 9.78 Å². The van der Waals surface area contributed by atoms with E-state index < -0.39 is 11.1 Å². The van der Waals surface area contributed by atoms with Gasteiger partial charge in [-0.05, 0) is 53.4 Å². The molecular formula is C22H19FN4O4S2. The molecule has 0 radical (unpaired) electrons. The van der Waals surface area contributed by atoms with E-state index in [1.807, 2.05) is 17.5 Å². The van der Waals surface area contributed by atoms with E-state index in [1.165, 1.54) is 35.6 Å². The minimum atomic E-state index is -0.429. The minimum Gasteiger partial charge on any atom is -0.354 e. The Bertz CT molecular complexity index is 1180. The molecule has 1 N–H and O–H groups in total. The maximum Gasteiger partial charge on any atom is 0.293 e. The highest BCUT2D eigenvalue weighted by Gasteiger charge is 2.34. The maximum atomic E-state index is 13.0. The predicted octanol–water partition coefficient (Wildman–Crippen LogP) is 4.11. The number of hydrogen-bond donors (Lipinski definition) is 1. The number of imide groups is 1. The van der Waals surface area contributed by atoms with E-state index in [2.05, 4.69) is 15.5 Å². The smallest absolute Gasteiger partial charge is 0.293 e. The van der Waals surface area contributed by atoms with Crippen molar-refractivity contribution in [3.63, 3.8) is 0 Å². The first-order valence-electron chi connectivity index (χ1n) is 10.1. The number of nitrogens with zero attached hydrogens (tertiary/aromatic N) is 3. The summed E-state index contributed by atoms with van der Waals surface area (Å²) in [5.74, 6) is 0.00613. The number of aromatic nitrogens is 2. The van der Waals surface area contributed by atoms with Gasteiger partial charge in [0.1, 0.15) is 5.82 Å². The molecule has 1 aliphatic heterocycles. The maximum absolute atomic E-state index is 13.0. The fourth-order valence-corrected chi connectivity index (χ4v) is 4.58. The number of rotatable bonds is 9. The molecule has 33 heavy (non-hydrogen) atoms. The van der Waals surface area contributed by atoms with E-state index in [4.69, 9.17) is 4.52 Å². The van der Waals surface area contributed by atoms with Crippen molar-refractivity contribution >= 4 is 46.2 Å². The molecule has 0 saturated carbocycles. The molecule has 0 atom stereocenters. The van der Waals surface area contributed by atoms with E-state index in [-0.39, 0.29) is 36.1 Å². The van der Waals surface area contributed by atoms with Crippen molar-refractivity contribution in [2.24, 2.45) is 0 Å². The van der Waals surface area contributed by atoms with Crippen LogP contribution in [-0.2, 0) is 16.0 Å². The van der Waals surface area contributed by atoms with Gasteiger partial charge in [0.15, 0.2) is 0 Å². The molecule has 3 heterocycles. The summed E-state index contributed by atoms with van der Waals surface area (Å²) in [7, 11) is 0. The van der Waals surface area contributed by atoms with Gasteiger partial charge in [-0.15, -0.1) is 11.3 Å². The summed E-state index contributed by atoms with van der Waals surface area (Å²) in [5, 5.41) is 8.18. The lowest BCUT2D eigenvalue weighted by Crippen LogP contribution is -2.37. The van der Waals surface area contributed by atoms with Gasteiger partial charge < -0.3 is 9.84 Å². The van der Waals surface area contributed by atoms with Gasteiger partial charge in [-0.3, -0.25) is 19.3 Å². The molecule has 0 aliphatic carbocycles. The lowest BCUT2D eigenvalue weighted by Gasteiger charge is -2.12. The predicted molar refractivity (Wildman–Crippen MR) is 123 cm³/mol. The largest absolute Gasteiger partial charge is 0.354 e. The van der Waals surface area contributed by atoms with Gasteiger partial charge in [0, 0.05) is 25.9 Å². The van der Waals surface area contributed by atoms with E-state index in [1.54, 1.807) is 6.08 Å². The Labute approximate surface area is 196 Å². The summed E-state index contributed by atoms with van der Waals surface area (Å²) in [5.41, 5.74) is 0.624. The van der Waals surface area contributed by atoms with Crippen LogP contribution in [0.4, 0.5) is 9.18 Å². The molecule has 11 heteroatoms. The molecule has 0 spiro atoms. The Morgan fingerprint density at radius 3 is 2.79 bits per heavy atom. The molecule has 4 rings (SSSR count).